The van der Waals surface area contributed by atoms with E-state index >= 15 is 0 Å². The summed E-state index contributed by atoms with van der Waals surface area (Å²) in [7, 11) is 0. The molecule has 0 bridgehead atoms. The molecule has 0 heterocycles. The number of esters is 1. The molecule has 0 fully saturated rings. The number of benzene rings is 1. The Hall–Kier alpha value is -1.51. The van der Waals surface area contributed by atoms with E-state index in [2.05, 4.69) is 13.8 Å². The fraction of sp³-hybridized carbons (Fsp3) is 0.500. The summed E-state index contributed by atoms with van der Waals surface area (Å²) in [4.78, 5) is 11.8. The Morgan fingerprint density at radius 3 is 2.41 bits per heavy atom. The summed E-state index contributed by atoms with van der Waals surface area (Å²) in [6, 6.07) is 6.64. The minimum Gasteiger partial charge on any atom is -0.508 e. The fourth-order valence-corrected chi connectivity index (χ4v) is 1.37. The number of carbonyl (C=O) groups is 1. The summed E-state index contributed by atoms with van der Waals surface area (Å²) in [6.07, 6.45) is 1.00. The zero-order chi connectivity index (χ0) is 12.8. The second-order valence-corrected chi connectivity index (χ2v) is 4.46. The highest BCUT2D eigenvalue weighted by atomic mass is 16.5. The van der Waals surface area contributed by atoms with E-state index in [0.717, 1.165) is 12.0 Å². The molecule has 1 rings (SSSR count). The number of hydrogen-bond donors (Lipinski definition) is 1. The van der Waals surface area contributed by atoms with Crippen LogP contribution in [-0.4, -0.2) is 17.7 Å². The van der Waals surface area contributed by atoms with Crippen LogP contribution < -0.4 is 0 Å². The number of aromatic hydroxyl groups is 1. The molecule has 0 aliphatic carbocycles. The second kappa shape index (κ2) is 6.28. The maximum Gasteiger partial charge on any atom is 0.313 e. The van der Waals surface area contributed by atoms with E-state index in [4.69, 9.17) is 9.84 Å². The lowest BCUT2D eigenvalue weighted by Crippen LogP contribution is -2.16. The zero-order valence-corrected chi connectivity index (χ0v) is 10.6. The molecule has 0 amide bonds. The Balaban J connectivity index is 2.54. The average Bonchev–Trinajstić information content (AvgIpc) is 2.35. The van der Waals surface area contributed by atoms with Gasteiger partial charge in [0.05, 0.1) is 12.5 Å². The third-order valence-corrected chi connectivity index (χ3v) is 2.95. The minimum atomic E-state index is -0.292. The smallest absolute Gasteiger partial charge is 0.313 e. The highest BCUT2D eigenvalue weighted by Gasteiger charge is 2.17. The van der Waals surface area contributed by atoms with Gasteiger partial charge in [0.15, 0.2) is 0 Å². The molecule has 0 saturated carbocycles. The predicted octanol–water partition coefficient (Wildman–Crippen LogP) is 3.09. The first-order valence-electron chi connectivity index (χ1n) is 6.00. The molecular weight excluding hydrogens is 216 g/mol. The first kappa shape index (κ1) is 13.6. The highest BCUT2D eigenvalue weighted by molar-refractivity contribution is 5.77. The van der Waals surface area contributed by atoms with Gasteiger partial charge in [0.25, 0.3) is 0 Å². The Morgan fingerprint density at radius 2 is 1.88 bits per heavy atom. The average molecular weight is 236 g/mol. The molecule has 0 aromatic heterocycles. The minimum absolute atomic E-state index is 0.203. The van der Waals surface area contributed by atoms with Gasteiger partial charge in [-0.3, -0.25) is 4.79 Å². The van der Waals surface area contributed by atoms with E-state index in [1.54, 1.807) is 24.3 Å². The molecule has 1 aromatic rings. The van der Waals surface area contributed by atoms with Crippen LogP contribution in [0.1, 0.15) is 38.7 Å². The van der Waals surface area contributed by atoms with Gasteiger partial charge in [0, 0.05) is 0 Å². The lowest BCUT2D eigenvalue weighted by molar-refractivity contribution is -0.146. The summed E-state index contributed by atoms with van der Waals surface area (Å²) in [5, 5.41) is 9.17. The van der Waals surface area contributed by atoms with Crippen molar-refractivity contribution in [3.63, 3.8) is 0 Å². The monoisotopic (exact) mass is 236 g/mol. The quantitative estimate of drug-likeness (QED) is 0.799. The van der Waals surface area contributed by atoms with Crippen molar-refractivity contribution in [3.05, 3.63) is 29.8 Å². The molecule has 2 atom stereocenters. The van der Waals surface area contributed by atoms with Gasteiger partial charge in [0.2, 0.25) is 0 Å². The summed E-state index contributed by atoms with van der Waals surface area (Å²) < 4.78 is 5.24. The van der Waals surface area contributed by atoms with Gasteiger partial charge < -0.3 is 9.84 Å². The number of rotatable bonds is 5. The Bertz CT molecular complexity index is 356. The molecule has 0 aliphatic rings. The number of carbonyl (C=O) groups excluding carboxylic acids is 1. The third-order valence-electron chi connectivity index (χ3n) is 2.95. The second-order valence-electron chi connectivity index (χ2n) is 4.46. The van der Waals surface area contributed by atoms with Gasteiger partial charge in [-0.2, -0.15) is 0 Å². The molecule has 1 aromatic carbocycles. The third kappa shape index (κ3) is 4.10. The molecule has 0 aliphatic heterocycles. The molecule has 0 saturated heterocycles. The summed E-state index contributed by atoms with van der Waals surface area (Å²) in [6.45, 7) is 6.41. The van der Waals surface area contributed by atoms with E-state index in [-0.39, 0.29) is 17.6 Å². The van der Waals surface area contributed by atoms with Crippen LogP contribution in [-0.2, 0) is 9.53 Å². The normalized spacial score (nSPS) is 14.1. The van der Waals surface area contributed by atoms with Crippen molar-refractivity contribution in [1.82, 2.24) is 0 Å². The van der Waals surface area contributed by atoms with Crippen molar-refractivity contribution in [2.45, 2.75) is 33.1 Å². The van der Waals surface area contributed by atoms with Gasteiger partial charge in [-0.05, 0) is 30.5 Å². The van der Waals surface area contributed by atoms with Crippen molar-refractivity contribution in [3.8, 4) is 5.75 Å². The van der Waals surface area contributed by atoms with Crippen LogP contribution in [0, 0.1) is 5.92 Å². The van der Waals surface area contributed by atoms with Gasteiger partial charge >= 0.3 is 5.97 Å². The van der Waals surface area contributed by atoms with Crippen molar-refractivity contribution >= 4 is 5.97 Å². The van der Waals surface area contributed by atoms with Gasteiger partial charge in [0.1, 0.15) is 5.75 Å². The Labute approximate surface area is 102 Å². The molecule has 0 radical (unpaired) electrons. The molecule has 94 valence electrons. The molecular formula is C14H20O3. The van der Waals surface area contributed by atoms with Gasteiger partial charge in [-0.1, -0.05) is 32.4 Å². The van der Waals surface area contributed by atoms with E-state index in [1.807, 2.05) is 6.92 Å². The maximum atomic E-state index is 11.8. The van der Waals surface area contributed by atoms with Crippen LogP contribution in [0.4, 0.5) is 0 Å². The molecule has 1 N–H and O–H groups in total. The largest absolute Gasteiger partial charge is 0.508 e. The summed E-state index contributed by atoms with van der Waals surface area (Å²) in [5.41, 5.74) is 0.858. The van der Waals surface area contributed by atoms with Crippen molar-refractivity contribution in [2.24, 2.45) is 5.92 Å². The zero-order valence-electron chi connectivity index (χ0n) is 10.6. The first-order chi connectivity index (χ1) is 8.04. The van der Waals surface area contributed by atoms with Crippen LogP contribution in [0.5, 0.6) is 5.75 Å². The van der Waals surface area contributed by atoms with Crippen LogP contribution in [0.25, 0.3) is 0 Å². The first-order valence-corrected chi connectivity index (χ1v) is 6.00. The lowest BCUT2D eigenvalue weighted by Gasteiger charge is -2.14. The van der Waals surface area contributed by atoms with Crippen molar-refractivity contribution in [1.29, 1.82) is 0 Å². The standard InChI is InChI=1S/C14H20O3/c1-4-10(2)9-17-14(16)11(3)12-5-7-13(15)8-6-12/h5-8,10-11,15H,4,9H2,1-3H3. The van der Waals surface area contributed by atoms with Crippen LogP contribution >= 0.6 is 0 Å². The highest BCUT2D eigenvalue weighted by Crippen LogP contribution is 2.20. The molecule has 0 spiro atoms. The van der Waals surface area contributed by atoms with E-state index in [1.165, 1.54) is 0 Å². The fourth-order valence-electron chi connectivity index (χ4n) is 1.37. The summed E-state index contributed by atoms with van der Waals surface area (Å²) >= 11 is 0. The molecule has 3 heteroatoms. The van der Waals surface area contributed by atoms with E-state index in [0.29, 0.717) is 12.5 Å². The topological polar surface area (TPSA) is 46.5 Å². The van der Waals surface area contributed by atoms with Crippen molar-refractivity contribution in [2.75, 3.05) is 6.61 Å². The predicted molar refractivity (Wildman–Crippen MR) is 66.9 cm³/mol. The number of phenols is 1. The number of ether oxygens (including phenoxy) is 1. The van der Waals surface area contributed by atoms with Crippen LogP contribution in [0.3, 0.4) is 0 Å². The lowest BCUT2D eigenvalue weighted by atomic mass is 10.0. The van der Waals surface area contributed by atoms with Crippen LogP contribution in [0.2, 0.25) is 0 Å². The Kier molecular flexibility index (Phi) is 5.01. The number of phenolic OH excluding ortho intramolecular Hbond substituents is 1. The van der Waals surface area contributed by atoms with Gasteiger partial charge in [-0.15, -0.1) is 0 Å². The molecule has 2 unspecified atom stereocenters. The molecule has 3 nitrogen and oxygen atoms in total. The van der Waals surface area contributed by atoms with E-state index < -0.39 is 0 Å². The summed E-state index contributed by atoms with van der Waals surface area (Å²) in [5.74, 6) is 0.0931. The van der Waals surface area contributed by atoms with Gasteiger partial charge in [-0.25, -0.2) is 0 Å². The SMILES string of the molecule is CCC(C)COC(=O)C(C)c1ccc(O)cc1. The molecule has 17 heavy (non-hydrogen) atoms. The van der Waals surface area contributed by atoms with Crippen LogP contribution in [0.15, 0.2) is 24.3 Å². The van der Waals surface area contributed by atoms with E-state index in [9.17, 15) is 4.79 Å². The Morgan fingerprint density at radius 1 is 1.29 bits per heavy atom. The number of hydrogen-bond acceptors (Lipinski definition) is 3. The van der Waals surface area contributed by atoms with Crippen molar-refractivity contribution < 1.29 is 14.6 Å². The maximum absolute atomic E-state index is 11.8.